The van der Waals surface area contributed by atoms with Gasteiger partial charge in [0, 0.05) is 24.5 Å². The number of rotatable bonds is 7. The van der Waals surface area contributed by atoms with E-state index >= 15 is 0 Å². The van der Waals surface area contributed by atoms with Gasteiger partial charge in [-0.15, -0.1) is 0 Å². The first-order valence-corrected chi connectivity index (χ1v) is 8.19. The number of methoxy groups -OCH3 is 1. The number of nitrogens with two attached hydrogens (primary N) is 1. The van der Waals surface area contributed by atoms with Crippen molar-refractivity contribution in [2.45, 2.75) is 32.2 Å². The molecule has 0 aliphatic heterocycles. The Morgan fingerprint density at radius 3 is 2.38 bits per heavy atom. The molecule has 0 unspecified atom stereocenters. The number of benzene rings is 1. The van der Waals surface area contributed by atoms with Gasteiger partial charge in [0.05, 0.1) is 18.2 Å². The Kier molecular flexibility index (Phi) is 5.93. The SMILES string of the molecule is CCC(CC)(CN)NC(=O)c1cncc(-c2ccc(OC)cc2)c1. The van der Waals surface area contributed by atoms with E-state index in [0.717, 1.165) is 29.7 Å². The summed E-state index contributed by atoms with van der Waals surface area (Å²) < 4.78 is 5.17. The van der Waals surface area contributed by atoms with Crippen LogP contribution in [0.5, 0.6) is 5.75 Å². The lowest BCUT2D eigenvalue weighted by Gasteiger charge is -2.31. The van der Waals surface area contributed by atoms with Gasteiger partial charge in [-0.3, -0.25) is 9.78 Å². The highest BCUT2D eigenvalue weighted by atomic mass is 16.5. The fraction of sp³-hybridized carbons (Fsp3) is 0.368. The molecule has 0 atom stereocenters. The van der Waals surface area contributed by atoms with E-state index in [4.69, 9.17) is 10.5 Å². The number of carbonyl (C=O) groups is 1. The summed E-state index contributed by atoms with van der Waals surface area (Å²) in [7, 11) is 1.63. The van der Waals surface area contributed by atoms with Crippen LogP contribution in [-0.2, 0) is 0 Å². The van der Waals surface area contributed by atoms with Gasteiger partial charge in [0.2, 0.25) is 0 Å². The molecule has 128 valence electrons. The minimum Gasteiger partial charge on any atom is -0.497 e. The number of hydrogen-bond donors (Lipinski definition) is 2. The summed E-state index contributed by atoms with van der Waals surface area (Å²) in [5.41, 5.74) is 7.89. The van der Waals surface area contributed by atoms with Crippen LogP contribution in [0.1, 0.15) is 37.0 Å². The van der Waals surface area contributed by atoms with E-state index in [9.17, 15) is 4.79 Å². The zero-order valence-corrected chi connectivity index (χ0v) is 14.5. The topological polar surface area (TPSA) is 77.2 Å². The van der Waals surface area contributed by atoms with Crippen molar-refractivity contribution in [3.63, 3.8) is 0 Å². The number of hydrogen-bond acceptors (Lipinski definition) is 4. The van der Waals surface area contributed by atoms with Crippen molar-refractivity contribution in [1.29, 1.82) is 0 Å². The minimum atomic E-state index is -0.368. The van der Waals surface area contributed by atoms with Crippen molar-refractivity contribution < 1.29 is 9.53 Å². The predicted molar refractivity (Wildman–Crippen MR) is 96.1 cm³/mol. The number of aromatic nitrogens is 1. The number of ether oxygens (including phenoxy) is 1. The van der Waals surface area contributed by atoms with E-state index in [0.29, 0.717) is 12.1 Å². The molecule has 2 rings (SSSR count). The second-order valence-corrected chi connectivity index (χ2v) is 5.84. The summed E-state index contributed by atoms with van der Waals surface area (Å²) >= 11 is 0. The highest BCUT2D eigenvalue weighted by molar-refractivity contribution is 5.95. The summed E-state index contributed by atoms with van der Waals surface area (Å²) in [6.07, 6.45) is 4.90. The Morgan fingerprint density at radius 1 is 1.17 bits per heavy atom. The van der Waals surface area contributed by atoms with Crippen LogP contribution >= 0.6 is 0 Å². The van der Waals surface area contributed by atoms with Crippen molar-refractivity contribution in [3.8, 4) is 16.9 Å². The average molecular weight is 327 g/mol. The van der Waals surface area contributed by atoms with Crippen molar-refractivity contribution >= 4 is 5.91 Å². The molecule has 5 heteroatoms. The van der Waals surface area contributed by atoms with E-state index < -0.39 is 0 Å². The monoisotopic (exact) mass is 327 g/mol. The van der Waals surface area contributed by atoms with Crippen LogP contribution in [0.15, 0.2) is 42.7 Å². The van der Waals surface area contributed by atoms with Crippen molar-refractivity contribution in [2.24, 2.45) is 5.73 Å². The molecular formula is C19H25N3O2. The predicted octanol–water partition coefficient (Wildman–Crippen LogP) is 3.00. The third-order valence-electron chi connectivity index (χ3n) is 4.55. The van der Waals surface area contributed by atoms with Crippen LogP contribution in [0, 0.1) is 0 Å². The van der Waals surface area contributed by atoms with Gasteiger partial charge in [-0.25, -0.2) is 0 Å². The molecule has 0 saturated carbocycles. The first kappa shape index (κ1) is 17.9. The Bertz CT molecular complexity index is 671. The summed E-state index contributed by atoms with van der Waals surface area (Å²) in [6.45, 7) is 4.47. The average Bonchev–Trinajstić information content (AvgIpc) is 2.66. The normalized spacial score (nSPS) is 11.2. The number of nitrogens with one attached hydrogen (secondary N) is 1. The van der Waals surface area contributed by atoms with Crippen molar-refractivity contribution in [1.82, 2.24) is 10.3 Å². The summed E-state index contributed by atoms with van der Waals surface area (Å²) in [6, 6.07) is 9.50. The zero-order valence-electron chi connectivity index (χ0n) is 14.5. The van der Waals surface area contributed by atoms with Gasteiger partial charge in [-0.2, -0.15) is 0 Å². The van der Waals surface area contributed by atoms with Gasteiger partial charge in [-0.1, -0.05) is 26.0 Å². The highest BCUT2D eigenvalue weighted by Gasteiger charge is 2.26. The molecule has 5 nitrogen and oxygen atoms in total. The van der Waals surface area contributed by atoms with E-state index in [-0.39, 0.29) is 11.4 Å². The lowest BCUT2D eigenvalue weighted by atomic mass is 9.92. The Balaban J connectivity index is 2.24. The Labute approximate surface area is 143 Å². The van der Waals surface area contributed by atoms with Crippen LogP contribution in [0.2, 0.25) is 0 Å². The first-order chi connectivity index (χ1) is 11.6. The zero-order chi connectivity index (χ0) is 17.6. The molecule has 2 aromatic rings. The number of nitrogens with zero attached hydrogens (tertiary/aromatic N) is 1. The maximum atomic E-state index is 12.6. The number of carbonyl (C=O) groups excluding carboxylic acids is 1. The molecule has 1 amide bonds. The molecule has 24 heavy (non-hydrogen) atoms. The summed E-state index contributed by atoms with van der Waals surface area (Å²) in [5.74, 6) is 0.645. The molecule has 0 radical (unpaired) electrons. The molecule has 0 saturated heterocycles. The third-order valence-corrected chi connectivity index (χ3v) is 4.55. The second-order valence-electron chi connectivity index (χ2n) is 5.84. The van der Waals surface area contributed by atoms with E-state index in [1.54, 1.807) is 19.5 Å². The van der Waals surface area contributed by atoms with Gasteiger partial charge < -0.3 is 15.8 Å². The molecular weight excluding hydrogens is 302 g/mol. The fourth-order valence-electron chi connectivity index (χ4n) is 2.58. The summed E-state index contributed by atoms with van der Waals surface area (Å²) in [4.78, 5) is 16.8. The maximum absolute atomic E-state index is 12.6. The lowest BCUT2D eigenvalue weighted by molar-refractivity contribution is 0.0895. The largest absolute Gasteiger partial charge is 0.497 e. The number of pyridine rings is 1. The third kappa shape index (κ3) is 3.92. The van der Waals surface area contributed by atoms with Gasteiger partial charge in [0.15, 0.2) is 0 Å². The smallest absolute Gasteiger partial charge is 0.253 e. The molecule has 1 aromatic heterocycles. The van der Waals surface area contributed by atoms with E-state index in [2.05, 4.69) is 10.3 Å². The minimum absolute atomic E-state index is 0.146. The molecule has 1 aromatic carbocycles. The molecule has 1 heterocycles. The van der Waals surface area contributed by atoms with Gasteiger partial charge >= 0.3 is 0 Å². The maximum Gasteiger partial charge on any atom is 0.253 e. The second kappa shape index (κ2) is 7.93. The van der Waals surface area contributed by atoms with E-state index in [1.165, 1.54) is 0 Å². The molecule has 0 bridgehead atoms. The molecule has 3 N–H and O–H groups in total. The van der Waals surface area contributed by atoms with Crippen LogP contribution in [0.4, 0.5) is 0 Å². The standard InChI is InChI=1S/C19H25N3O2/c1-4-19(5-2,13-20)22-18(23)16-10-15(11-21-12-16)14-6-8-17(24-3)9-7-14/h6-12H,4-5,13,20H2,1-3H3,(H,22,23). The fourth-order valence-corrected chi connectivity index (χ4v) is 2.58. The lowest BCUT2D eigenvalue weighted by Crippen LogP contribution is -2.52. The van der Waals surface area contributed by atoms with Gasteiger partial charge in [-0.05, 0) is 36.6 Å². The van der Waals surface area contributed by atoms with E-state index in [1.807, 2.05) is 44.2 Å². The van der Waals surface area contributed by atoms with Crippen LogP contribution in [0.25, 0.3) is 11.1 Å². The first-order valence-electron chi connectivity index (χ1n) is 8.19. The Morgan fingerprint density at radius 2 is 1.83 bits per heavy atom. The quantitative estimate of drug-likeness (QED) is 0.819. The van der Waals surface area contributed by atoms with Gasteiger partial charge in [0.1, 0.15) is 5.75 Å². The summed E-state index contributed by atoms with van der Waals surface area (Å²) in [5, 5.41) is 3.07. The molecule has 0 aliphatic rings. The van der Waals surface area contributed by atoms with Crippen LogP contribution < -0.4 is 15.8 Å². The van der Waals surface area contributed by atoms with Crippen LogP contribution in [0.3, 0.4) is 0 Å². The Hall–Kier alpha value is -2.40. The molecule has 0 fully saturated rings. The van der Waals surface area contributed by atoms with Crippen LogP contribution in [-0.4, -0.2) is 30.1 Å². The van der Waals surface area contributed by atoms with Crippen molar-refractivity contribution in [2.75, 3.05) is 13.7 Å². The highest BCUT2D eigenvalue weighted by Crippen LogP contribution is 2.23. The van der Waals surface area contributed by atoms with Gasteiger partial charge in [0.25, 0.3) is 5.91 Å². The molecule has 0 aliphatic carbocycles. The number of amides is 1. The van der Waals surface area contributed by atoms with Crippen molar-refractivity contribution in [3.05, 3.63) is 48.3 Å². The molecule has 0 spiro atoms.